The molecule has 2 rings (SSSR count). The van der Waals surface area contributed by atoms with Gasteiger partial charge in [0.25, 0.3) is 0 Å². The molecule has 120 valence electrons. The monoisotopic (exact) mass is 340 g/mol. The molecule has 7 heteroatoms. The number of ketones is 1. The minimum absolute atomic E-state index is 0.0245. The van der Waals surface area contributed by atoms with Gasteiger partial charge in [-0.1, -0.05) is 30.3 Å². The smallest absolute Gasteiger partial charge is 0.289 e. The van der Waals surface area contributed by atoms with Crippen molar-refractivity contribution in [1.29, 1.82) is 0 Å². The average Bonchev–Trinajstić information content (AvgIpc) is 2.53. The lowest BCUT2D eigenvalue weighted by atomic mass is 10.1. The number of halogens is 3. The van der Waals surface area contributed by atoms with E-state index in [1.54, 1.807) is 18.2 Å². The second kappa shape index (κ2) is 6.37. The fraction of sp³-hybridized carbons (Fsp3) is 0.0625. The molecule has 23 heavy (non-hydrogen) atoms. The molecule has 0 aliphatic carbocycles. The van der Waals surface area contributed by atoms with Gasteiger partial charge in [-0.15, -0.1) is 0 Å². The van der Waals surface area contributed by atoms with Crippen LogP contribution in [0.4, 0.5) is 13.2 Å². The maximum absolute atomic E-state index is 12.4. The third kappa shape index (κ3) is 4.29. The first-order chi connectivity index (χ1) is 10.7. The van der Waals surface area contributed by atoms with Gasteiger partial charge in [0.1, 0.15) is 0 Å². The fourth-order valence-electron chi connectivity index (χ4n) is 1.76. The molecule has 0 aliphatic heterocycles. The van der Waals surface area contributed by atoms with E-state index in [9.17, 15) is 26.4 Å². The van der Waals surface area contributed by atoms with Crippen LogP contribution in [0.3, 0.4) is 0 Å². The minimum atomic E-state index is -4.49. The molecule has 2 aromatic carbocycles. The van der Waals surface area contributed by atoms with E-state index in [0.717, 1.165) is 35.7 Å². The van der Waals surface area contributed by atoms with Crippen molar-refractivity contribution in [1.82, 2.24) is 0 Å². The van der Waals surface area contributed by atoms with Crippen LogP contribution in [0.2, 0.25) is 0 Å². The summed E-state index contributed by atoms with van der Waals surface area (Å²) >= 11 is 0. The third-order valence-corrected chi connectivity index (χ3v) is 4.39. The molecule has 0 atom stereocenters. The first-order valence-corrected chi connectivity index (χ1v) is 7.94. The molecule has 0 amide bonds. The number of rotatable bonds is 4. The van der Waals surface area contributed by atoms with E-state index >= 15 is 0 Å². The SMILES string of the molecule is O=C(/C=C/S(=O)(=O)c1ccccc1)c1ccc(C(F)(F)F)cc1. The zero-order valence-electron chi connectivity index (χ0n) is 11.6. The van der Waals surface area contributed by atoms with Crippen molar-refractivity contribution in [3.8, 4) is 0 Å². The average molecular weight is 340 g/mol. The van der Waals surface area contributed by atoms with E-state index in [0.29, 0.717) is 0 Å². The van der Waals surface area contributed by atoms with Gasteiger partial charge in [-0.05, 0) is 30.3 Å². The van der Waals surface area contributed by atoms with E-state index < -0.39 is 27.4 Å². The van der Waals surface area contributed by atoms with Gasteiger partial charge < -0.3 is 0 Å². The fourth-order valence-corrected chi connectivity index (χ4v) is 2.76. The number of sulfone groups is 1. The standard InChI is InChI=1S/C16H11F3O3S/c17-16(18,19)13-8-6-12(7-9-13)15(20)10-11-23(21,22)14-4-2-1-3-5-14/h1-11H/b11-10+. The number of allylic oxidation sites excluding steroid dienone is 1. The molecule has 0 saturated carbocycles. The van der Waals surface area contributed by atoms with E-state index in [-0.39, 0.29) is 10.5 Å². The van der Waals surface area contributed by atoms with E-state index in [1.807, 2.05) is 0 Å². The van der Waals surface area contributed by atoms with Crippen molar-refractivity contribution in [3.63, 3.8) is 0 Å². The molecule has 0 N–H and O–H groups in total. The highest BCUT2D eigenvalue weighted by atomic mass is 32.2. The highest BCUT2D eigenvalue weighted by molar-refractivity contribution is 7.94. The van der Waals surface area contributed by atoms with Gasteiger partial charge >= 0.3 is 6.18 Å². The van der Waals surface area contributed by atoms with Crippen LogP contribution in [0.25, 0.3) is 0 Å². The maximum Gasteiger partial charge on any atom is 0.416 e. The Morgan fingerprint density at radius 3 is 2.00 bits per heavy atom. The molecule has 0 aliphatic rings. The molecule has 0 spiro atoms. The maximum atomic E-state index is 12.4. The Balaban J connectivity index is 2.19. The third-order valence-electron chi connectivity index (χ3n) is 2.97. The number of carbonyl (C=O) groups is 1. The highest BCUT2D eigenvalue weighted by Crippen LogP contribution is 2.29. The van der Waals surface area contributed by atoms with Crippen molar-refractivity contribution in [2.45, 2.75) is 11.1 Å². The van der Waals surface area contributed by atoms with Crippen LogP contribution in [0.1, 0.15) is 15.9 Å². The number of hydrogen-bond donors (Lipinski definition) is 0. The van der Waals surface area contributed by atoms with Gasteiger partial charge in [-0.2, -0.15) is 13.2 Å². The summed E-state index contributed by atoms with van der Waals surface area (Å²) in [5, 5.41) is 0.738. The summed E-state index contributed by atoms with van der Waals surface area (Å²) in [7, 11) is -3.78. The molecule has 0 saturated heterocycles. The Hall–Kier alpha value is -2.41. The molecule has 3 nitrogen and oxygen atoms in total. The molecule has 0 aromatic heterocycles. The predicted octanol–water partition coefficient (Wildman–Crippen LogP) is 3.88. The lowest BCUT2D eigenvalue weighted by Crippen LogP contribution is -2.05. The summed E-state index contributed by atoms with van der Waals surface area (Å²) in [6, 6.07) is 11.0. The topological polar surface area (TPSA) is 51.2 Å². The number of hydrogen-bond acceptors (Lipinski definition) is 3. The van der Waals surface area contributed by atoms with Gasteiger partial charge in [0.2, 0.25) is 0 Å². The van der Waals surface area contributed by atoms with Gasteiger partial charge in [-0.3, -0.25) is 4.79 Å². The molecule has 0 bridgehead atoms. The predicted molar refractivity (Wildman–Crippen MR) is 78.5 cm³/mol. The molecular formula is C16H11F3O3S. The van der Waals surface area contributed by atoms with Crippen LogP contribution in [0.15, 0.2) is 71.0 Å². The molecule has 0 unspecified atom stereocenters. The Bertz CT molecular complexity index is 821. The van der Waals surface area contributed by atoms with E-state index in [4.69, 9.17) is 0 Å². The quantitative estimate of drug-likeness (QED) is 0.627. The van der Waals surface area contributed by atoms with Crippen molar-refractivity contribution in [2.24, 2.45) is 0 Å². The van der Waals surface area contributed by atoms with Gasteiger partial charge in [0, 0.05) is 11.0 Å². The van der Waals surface area contributed by atoms with Crippen LogP contribution in [0.5, 0.6) is 0 Å². The summed E-state index contributed by atoms with van der Waals surface area (Å²) in [6.07, 6.45) is -3.67. The zero-order chi connectivity index (χ0) is 17.1. The van der Waals surface area contributed by atoms with Gasteiger partial charge in [-0.25, -0.2) is 8.42 Å². The lowest BCUT2D eigenvalue weighted by Gasteiger charge is -2.06. The molecular weight excluding hydrogens is 329 g/mol. The van der Waals surface area contributed by atoms with Crippen LogP contribution in [-0.2, 0) is 16.0 Å². The van der Waals surface area contributed by atoms with Crippen LogP contribution < -0.4 is 0 Å². The Labute approximate surface area is 131 Å². The Morgan fingerprint density at radius 1 is 0.913 bits per heavy atom. The van der Waals surface area contributed by atoms with Crippen LogP contribution in [0, 0.1) is 0 Å². The largest absolute Gasteiger partial charge is 0.416 e. The Morgan fingerprint density at radius 2 is 1.48 bits per heavy atom. The van der Waals surface area contributed by atoms with Crippen LogP contribution >= 0.6 is 0 Å². The second-order valence-electron chi connectivity index (χ2n) is 4.60. The summed E-state index contributed by atoms with van der Waals surface area (Å²) in [6.45, 7) is 0. The summed E-state index contributed by atoms with van der Waals surface area (Å²) < 4.78 is 61.2. The van der Waals surface area contributed by atoms with Gasteiger partial charge in [0.15, 0.2) is 15.6 Å². The summed E-state index contributed by atoms with van der Waals surface area (Å²) in [5.41, 5.74) is -0.910. The second-order valence-corrected chi connectivity index (χ2v) is 6.43. The lowest BCUT2D eigenvalue weighted by molar-refractivity contribution is -0.137. The molecule has 0 radical (unpaired) electrons. The normalized spacial score (nSPS) is 12.5. The Kier molecular flexibility index (Phi) is 4.70. The van der Waals surface area contributed by atoms with Crippen molar-refractivity contribution in [3.05, 3.63) is 77.2 Å². The number of carbonyl (C=O) groups excluding carboxylic acids is 1. The van der Waals surface area contributed by atoms with Crippen molar-refractivity contribution >= 4 is 15.6 Å². The molecule has 0 fully saturated rings. The summed E-state index contributed by atoms with van der Waals surface area (Å²) in [5.74, 6) is -0.696. The minimum Gasteiger partial charge on any atom is -0.289 e. The van der Waals surface area contributed by atoms with Crippen LogP contribution in [-0.4, -0.2) is 14.2 Å². The molecule has 0 heterocycles. The summed E-state index contributed by atoms with van der Waals surface area (Å²) in [4.78, 5) is 11.9. The highest BCUT2D eigenvalue weighted by Gasteiger charge is 2.30. The van der Waals surface area contributed by atoms with Crippen molar-refractivity contribution in [2.75, 3.05) is 0 Å². The number of alkyl halides is 3. The van der Waals surface area contributed by atoms with E-state index in [1.165, 1.54) is 12.1 Å². The number of benzene rings is 2. The molecule has 2 aromatic rings. The first-order valence-electron chi connectivity index (χ1n) is 6.40. The van der Waals surface area contributed by atoms with Gasteiger partial charge in [0.05, 0.1) is 10.5 Å². The zero-order valence-corrected chi connectivity index (χ0v) is 12.4. The first kappa shape index (κ1) is 17.0. The van der Waals surface area contributed by atoms with Crippen molar-refractivity contribution < 1.29 is 26.4 Å². The van der Waals surface area contributed by atoms with E-state index in [2.05, 4.69) is 0 Å².